The van der Waals surface area contributed by atoms with Crippen molar-refractivity contribution in [2.45, 2.75) is 5.25 Å². The molecule has 1 N–H and O–H groups in total. The number of amides is 2. The van der Waals surface area contributed by atoms with Crippen LogP contribution in [0.2, 0.25) is 5.02 Å². The van der Waals surface area contributed by atoms with E-state index in [1.54, 1.807) is 22.6 Å². The van der Waals surface area contributed by atoms with Crippen LogP contribution in [0, 0.1) is 0 Å². The average molecular weight is 334 g/mol. The molecule has 0 aliphatic carbocycles. The number of carbonyl (C=O) groups excluding carboxylic acids is 1. The molecule has 3 nitrogen and oxygen atoms in total. The first kappa shape index (κ1) is 12.8. The van der Waals surface area contributed by atoms with Crippen LogP contribution in [0.25, 0.3) is 0 Å². The van der Waals surface area contributed by atoms with Crippen molar-refractivity contribution in [3.63, 3.8) is 0 Å². The number of alkyl halides is 1. The second-order valence-corrected chi connectivity index (χ2v) is 5.64. The summed E-state index contributed by atoms with van der Waals surface area (Å²) in [6.45, 7) is 0. The van der Waals surface area contributed by atoms with Crippen LogP contribution >= 0.6 is 39.5 Å². The van der Waals surface area contributed by atoms with E-state index in [1.807, 2.05) is 18.2 Å². The number of anilines is 1. The second kappa shape index (κ2) is 5.80. The van der Waals surface area contributed by atoms with Crippen molar-refractivity contribution in [3.8, 4) is 0 Å². The maximum absolute atomic E-state index is 11.9. The predicted octanol–water partition coefficient (Wildman–Crippen LogP) is 4.11. The minimum absolute atomic E-state index is 0.192. The molecule has 1 unspecified atom stereocenters. The third-order valence-corrected chi connectivity index (χ3v) is 4.72. The summed E-state index contributed by atoms with van der Waals surface area (Å²) in [5.74, 6) is 0. The molecule has 0 saturated heterocycles. The van der Waals surface area contributed by atoms with Crippen molar-refractivity contribution in [3.05, 3.63) is 41.6 Å². The lowest BCUT2D eigenvalue weighted by atomic mass is 10.3. The van der Waals surface area contributed by atoms with Crippen molar-refractivity contribution in [1.29, 1.82) is 0 Å². The lowest BCUT2D eigenvalue weighted by Crippen LogP contribution is -2.24. The van der Waals surface area contributed by atoms with Gasteiger partial charge in [0.15, 0.2) is 0 Å². The molecule has 1 aliphatic heterocycles. The van der Waals surface area contributed by atoms with E-state index in [4.69, 9.17) is 11.6 Å². The summed E-state index contributed by atoms with van der Waals surface area (Å²) >= 11 is 10.8. The number of nitrogens with one attached hydrogen (secondary N) is 1. The van der Waals surface area contributed by atoms with Gasteiger partial charge in [-0.15, -0.1) is 0 Å². The first-order valence-electron chi connectivity index (χ1n) is 4.96. The second-order valence-electron chi connectivity index (χ2n) is 3.38. The molecule has 0 radical (unpaired) electrons. The molecule has 2 amide bonds. The van der Waals surface area contributed by atoms with Gasteiger partial charge >= 0.3 is 6.03 Å². The Morgan fingerprint density at radius 1 is 1.53 bits per heavy atom. The van der Waals surface area contributed by atoms with Gasteiger partial charge in [-0.05, 0) is 24.1 Å². The molecule has 1 aromatic rings. The first-order valence-corrected chi connectivity index (χ1v) is 7.30. The van der Waals surface area contributed by atoms with Gasteiger partial charge in [0.25, 0.3) is 0 Å². The number of urea groups is 1. The molecular formula is C11H10BrClN2OS. The molecule has 0 spiro atoms. The van der Waals surface area contributed by atoms with Crippen LogP contribution in [-0.2, 0) is 0 Å². The zero-order valence-electron chi connectivity index (χ0n) is 8.77. The molecule has 0 bridgehead atoms. The van der Waals surface area contributed by atoms with Crippen LogP contribution < -0.4 is 5.32 Å². The van der Waals surface area contributed by atoms with Crippen LogP contribution in [0.4, 0.5) is 10.5 Å². The normalized spacial score (nSPS) is 18.5. The number of para-hydroxylation sites is 1. The number of carbonyl (C=O) groups is 1. The Balaban J connectivity index is 1.99. The number of benzene rings is 1. The highest BCUT2D eigenvalue weighted by molar-refractivity contribution is 9.09. The van der Waals surface area contributed by atoms with Gasteiger partial charge in [-0.2, -0.15) is 0 Å². The van der Waals surface area contributed by atoms with Crippen molar-refractivity contribution in [2.24, 2.45) is 0 Å². The number of hydrogen-bond acceptors (Lipinski definition) is 2. The molecule has 17 heavy (non-hydrogen) atoms. The molecular weight excluding hydrogens is 324 g/mol. The minimum atomic E-state index is -0.192. The topological polar surface area (TPSA) is 32.3 Å². The van der Waals surface area contributed by atoms with Gasteiger partial charge in [0.05, 0.1) is 16.0 Å². The molecule has 0 fully saturated rings. The van der Waals surface area contributed by atoms with Gasteiger partial charge in [0, 0.05) is 11.5 Å². The Hall–Kier alpha value is -0.650. The fourth-order valence-corrected chi connectivity index (χ4v) is 2.84. The van der Waals surface area contributed by atoms with Crippen LogP contribution in [0.3, 0.4) is 0 Å². The fourth-order valence-electron chi connectivity index (χ4n) is 1.32. The van der Waals surface area contributed by atoms with E-state index in [0.717, 1.165) is 5.33 Å². The molecule has 1 aliphatic rings. The largest absolute Gasteiger partial charge is 0.336 e. The third kappa shape index (κ3) is 3.18. The highest BCUT2D eigenvalue weighted by Gasteiger charge is 2.21. The lowest BCUT2D eigenvalue weighted by Gasteiger charge is -2.15. The SMILES string of the molecule is O=C(Nc1ccccc1Cl)N1C=CC(CBr)S1. The molecule has 1 atom stereocenters. The quantitative estimate of drug-likeness (QED) is 0.652. The smallest absolute Gasteiger partial charge is 0.305 e. The summed E-state index contributed by atoms with van der Waals surface area (Å²) in [5, 5.41) is 4.42. The zero-order valence-corrected chi connectivity index (χ0v) is 11.9. The fraction of sp³-hybridized carbons (Fsp3) is 0.182. The number of rotatable bonds is 2. The number of nitrogens with zero attached hydrogens (tertiary/aromatic N) is 1. The van der Waals surface area contributed by atoms with E-state index in [0.29, 0.717) is 16.0 Å². The molecule has 1 heterocycles. The maximum atomic E-state index is 11.9. The Kier molecular flexibility index (Phi) is 4.36. The third-order valence-electron chi connectivity index (χ3n) is 2.15. The highest BCUT2D eigenvalue weighted by atomic mass is 79.9. The molecule has 0 saturated carbocycles. The van der Waals surface area contributed by atoms with E-state index >= 15 is 0 Å². The van der Waals surface area contributed by atoms with Gasteiger partial charge in [-0.25, -0.2) is 9.10 Å². The van der Waals surface area contributed by atoms with Crippen molar-refractivity contribution in [1.82, 2.24) is 4.31 Å². The van der Waals surface area contributed by atoms with Crippen LogP contribution in [-0.4, -0.2) is 20.9 Å². The minimum Gasteiger partial charge on any atom is -0.305 e. The van der Waals surface area contributed by atoms with E-state index in [9.17, 15) is 4.79 Å². The Morgan fingerprint density at radius 3 is 2.94 bits per heavy atom. The van der Waals surface area contributed by atoms with E-state index in [1.165, 1.54) is 11.9 Å². The monoisotopic (exact) mass is 332 g/mol. The summed E-state index contributed by atoms with van der Waals surface area (Å²) in [5.41, 5.74) is 0.621. The zero-order chi connectivity index (χ0) is 12.3. The Morgan fingerprint density at radius 2 is 2.29 bits per heavy atom. The number of hydrogen-bond donors (Lipinski definition) is 1. The summed E-state index contributed by atoms with van der Waals surface area (Å²) in [4.78, 5) is 11.9. The van der Waals surface area contributed by atoms with E-state index in [2.05, 4.69) is 21.2 Å². The van der Waals surface area contributed by atoms with E-state index < -0.39 is 0 Å². The van der Waals surface area contributed by atoms with Crippen molar-refractivity contribution in [2.75, 3.05) is 10.6 Å². The summed E-state index contributed by atoms with van der Waals surface area (Å²) in [6, 6.07) is 6.97. The first-order chi connectivity index (χ1) is 8.20. The Bertz CT molecular complexity index is 455. The summed E-state index contributed by atoms with van der Waals surface area (Å²) in [6.07, 6.45) is 3.74. The lowest BCUT2D eigenvalue weighted by molar-refractivity contribution is 0.245. The van der Waals surface area contributed by atoms with Gasteiger partial charge < -0.3 is 5.32 Å². The molecule has 1 aromatic carbocycles. The molecule has 6 heteroatoms. The van der Waals surface area contributed by atoms with Gasteiger partial charge in [0.2, 0.25) is 0 Å². The predicted molar refractivity (Wildman–Crippen MR) is 76.6 cm³/mol. The van der Waals surface area contributed by atoms with Crippen LogP contribution in [0.1, 0.15) is 0 Å². The van der Waals surface area contributed by atoms with Gasteiger partial charge in [-0.1, -0.05) is 45.7 Å². The average Bonchev–Trinajstić information content (AvgIpc) is 2.81. The highest BCUT2D eigenvalue weighted by Crippen LogP contribution is 2.29. The van der Waals surface area contributed by atoms with Crippen LogP contribution in [0.5, 0.6) is 0 Å². The van der Waals surface area contributed by atoms with Crippen molar-refractivity contribution < 1.29 is 4.79 Å². The summed E-state index contributed by atoms with van der Waals surface area (Å²) in [7, 11) is 0. The molecule has 90 valence electrons. The summed E-state index contributed by atoms with van der Waals surface area (Å²) < 4.78 is 1.56. The Labute approximate surface area is 117 Å². The van der Waals surface area contributed by atoms with Gasteiger partial charge in [0.1, 0.15) is 0 Å². The number of halogens is 2. The molecule has 2 rings (SSSR count). The maximum Gasteiger partial charge on any atom is 0.336 e. The standard InChI is InChI=1S/C11H10BrClN2OS/c12-7-8-5-6-15(17-8)11(16)14-10-4-2-1-3-9(10)13/h1-6,8H,7H2,(H,14,16). The van der Waals surface area contributed by atoms with Crippen molar-refractivity contribution >= 4 is 51.2 Å². The van der Waals surface area contributed by atoms with Gasteiger partial charge in [-0.3, -0.25) is 0 Å². The van der Waals surface area contributed by atoms with E-state index in [-0.39, 0.29) is 6.03 Å². The van der Waals surface area contributed by atoms with Crippen LogP contribution in [0.15, 0.2) is 36.5 Å². The molecule has 0 aromatic heterocycles.